The molecule has 0 aliphatic carbocycles. The summed E-state index contributed by atoms with van der Waals surface area (Å²) in [7, 11) is 0. The molecule has 7 heteroatoms. The van der Waals surface area contributed by atoms with E-state index in [1.54, 1.807) is 18.3 Å². The molecule has 1 N–H and O–H groups in total. The molecule has 0 spiro atoms. The van der Waals surface area contributed by atoms with Gasteiger partial charge in [-0.3, -0.25) is 9.58 Å². The number of hydrogen-bond acceptors (Lipinski definition) is 4. The zero-order chi connectivity index (χ0) is 15.5. The Morgan fingerprint density at radius 1 is 1.45 bits per heavy atom. The van der Waals surface area contributed by atoms with Gasteiger partial charge in [0.15, 0.2) is 0 Å². The Morgan fingerprint density at radius 3 is 3.00 bits per heavy atom. The zero-order valence-electron chi connectivity index (χ0n) is 12.0. The van der Waals surface area contributed by atoms with Gasteiger partial charge in [-0.15, -0.1) is 5.10 Å². The fourth-order valence-corrected chi connectivity index (χ4v) is 3.20. The molecule has 3 rings (SSSR count). The van der Waals surface area contributed by atoms with E-state index in [0.717, 1.165) is 38.0 Å². The SMILES string of the molecule is O=C(O)c1ccc(CN2CCC[C@H]2Cn2ccnn2)cc1Cl. The van der Waals surface area contributed by atoms with Crippen molar-refractivity contribution in [3.63, 3.8) is 0 Å². The molecule has 1 fully saturated rings. The molecule has 2 aromatic rings. The first-order valence-corrected chi connectivity index (χ1v) is 7.61. The van der Waals surface area contributed by atoms with Crippen molar-refractivity contribution in [2.24, 2.45) is 0 Å². The van der Waals surface area contributed by atoms with Gasteiger partial charge in [-0.2, -0.15) is 0 Å². The van der Waals surface area contributed by atoms with Crippen molar-refractivity contribution in [2.45, 2.75) is 32.0 Å². The molecule has 0 radical (unpaired) electrons. The fraction of sp³-hybridized carbons (Fsp3) is 0.400. The largest absolute Gasteiger partial charge is 0.478 e. The lowest BCUT2D eigenvalue weighted by Gasteiger charge is -2.24. The number of aromatic nitrogens is 3. The Morgan fingerprint density at radius 2 is 2.32 bits per heavy atom. The van der Waals surface area contributed by atoms with Crippen molar-refractivity contribution in [1.82, 2.24) is 19.9 Å². The predicted molar refractivity (Wildman–Crippen MR) is 81.9 cm³/mol. The summed E-state index contributed by atoms with van der Waals surface area (Å²) < 4.78 is 1.85. The third-order valence-corrected chi connectivity index (χ3v) is 4.33. The monoisotopic (exact) mass is 320 g/mol. The summed E-state index contributed by atoms with van der Waals surface area (Å²) in [5.41, 5.74) is 1.17. The quantitative estimate of drug-likeness (QED) is 0.915. The molecule has 2 heterocycles. The Bertz CT molecular complexity index is 660. The standard InChI is InChI=1S/C15H17ClN4O2/c16-14-8-11(3-4-13(14)15(21)22)9-19-6-1-2-12(19)10-20-7-5-17-18-20/h3-5,7-8,12H,1-2,6,9-10H2,(H,21,22)/t12-/m0/s1. The number of halogens is 1. The van der Waals surface area contributed by atoms with Gasteiger partial charge in [0.25, 0.3) is 0 Å². The van der Waals surface area contributed by atoms with Crippen LogP contribution >= 0.6 is 11.6 Å². The third kappa shape index (κ3) is 3.28. The highest BCUT2D eigenvalue weighted by atomic mass is 35.5. The normalized spacial score (nSPS) is 18.7. The minimum Gasteiger partial charge on any atom is -0.478 e. The summed E-state index contributed by atoms with van der Waals surface area (Å²) in [4.78, 5) is 13.4. The average Bonchev–Trinajstić information content (AvgIpc) is 3.12. The molecule has 0 bridgehead atoms. The van der Waals surface area contributed by atoms with Gasteiger partial charge < -0.3 is 5.11 Å². The van der Waals surface area contributed by atoms with E-state index in [-0.39, 0.29) is 10.6 Å². The number of carbonyl (C=O) groups is 1. The molecule has 1 aromatic carbocycles. The number of benzene rings is 1. The van der Waals surface area contributed by atoms with Crippen LogP contribution in [0.5, 0.6) is 0 Å². The number of aromatic carboxylic acids is 1. The van der Waals surface area contributed by atoms with Crippen LogP contribution in [0.2, 0.25) is 5.02 Å². The van der Waals surface area contributed by atoms with Gasteiger partial charge in [-0.25, -0.2) is 4.79 Å². The van der Waals surface area contributed by atoms with Crippen molar-refractivity contribution in [1.29, 1.82) is 0 Å². The van der Waals surface area contributed by atoms with E-state index in [4.69, 9.17) is 16.7 Å². The summed E-state index contributed by atoms with van der Waals surface area (Å²) in [5.74, 6) is -0.998. The lowest BCUT2D eigenvalue weighted by atomic mass is 10.1. The van der Waals surface area contributed by atoms with Crippen molar-refractivity contribution in [3.8, 4) is 0 Å². The minimum absolute atomic E-state index is 0.144. The lowest BCUT2D eigenvalue weighted by molar-refractivity contribution is 0.0697. The Hall–Kier alpha value is -1.92. The summed E-state index contributed by atoms with van der Waals surface area (Å²) in [5, 5.41) is 17.2. The van der Waals surface area contributed by atoms with Gasteiger partial charge in [0, 0.05) is 18.8 Å². The van der Waals surface area contributed by atoms with E-state index < -0.39 is 5.97 Å². The molecule has 1 aliphatic rings. The topological polar surface area (TPSA) is 71.2 Å². The second-order valence-corrected chi connectivity index (χ2v) is 5.92. The van der Waals surface area contributed by atoms with Crippen LogP contribution in [0, 0.1) is 0 Å². The predicted octanol–water partition coefficient (Wildman–Crippen LogP) is 2.29. The fourth-order valence-electron chi connectivity index (χ4n) is 2.92. The van der Waals surface area contributed by atoms with E-state index in [1.165, 1.54) is 0 Å². The third-order valence-electron chi connectivity index (χ3n) is 4.02. The molecule has 0 unspecified atom stereocenters. The number of nitrogens with zero attached hydrogens (tertiary/aromatic N) is 4. The highest BCUT2D eigenvalue weighted by Gasteiger charge is 2.25. The molecule has 22 heavy (non-hydrogen) atoms. The van der Waals surface area contributed by atoms with Crippen molar-refractivity contribution in [3.05, 3.63) is 46.7 Å². The molecule has 1 aromatic heterocycles. The highest BCUT2D eigenvalue weighted by molar-refractivity contribution is 6.33. The Labute approximate surface area is 133 Å². The molecule has 6 nitrogen and oxygen atoms in total. The number of carboxylic acid groups (broad SMARTS) is 1. The van der Waals surface area contributed by atoms with E-state index in [0.29, 0.717) is 6.04 Å². The second-order valence-electron chi connectivity index (χ2n) is 5.51. The zero-order valence-corrected chi connectivity index (χ0v) is 12.8. The first-order valence-electron chi connectivity index (χ1n) is 7.23. The van der Waals surface area contributed by atoms with Crippen LogP contribution in [0.1, 0.15) is 28.8 Å². The summed E-state index contributed by atoms with van der Waals surface area (Å²) in [6.45, 7) is 2.61. The second kappa shape index (κ2) is 6.46. The maximum atomic E-state index is 11.0. The van der Waals surface area contributed by atoms with Crippen LogP contribution in [0.25, 0.3) is 0 Å². The van der Waals surface area contributed by atoms with Crippen LogP contribution in [-0.2, 0) is 13.1 Å². The van der Waals surface area contributed by atoms with E-state index >= 15 is 0 Å². The van der Waals surface area contributed by atoms with Crippen LogP contribution in [0.4, 0.5) is 0 Å². The highest BCUT2D eigenvalue weighted by Crippen LogP contribution is 2.24. The lowest BCUT2D eigenvalue weighted by Crippen LogP contribution is -2.32. The van der Waals surface area contributed by atoms with Crippen LogP contribution in [0.3, 0.4) is 0 Å². The van der Waals surface area contributed by atoms with Crippen LogP contribution in [-0.4, -0.2) is 43.6 Å². The van der Waals surface area contributed by atoms with Gasteiger partial charge >= 0.3 is 5.97 Å². The number of carboxylic acids is 1. The molecule has 1 atom stereocenters. The van der Waals surface area contributed by atoms with Gasteiger partial charge in [-0.1, -0.05) is 22.9 Å². The van der Waals surface area contributed by atoms with Gasteiger partial charge in [0.05, 0.1) is 23.3 Å². The molecule has 1 saturated heterocycles. The minimum atomic E-state index is -0.998. The molecule has 0 amide bonds. The van der Waals surface area contributed by atoms with Crippen LogP contribution in [0.15, 0.2) is 30.6 Å². The van der Waals surface area contributed by atoms with E-state index in [2.05, 4.69) is 15.2 Å². The van der Waals surface area contributed by atoms with Crippen molar-refractivity contribution in [2.75, 3.05) is 6.54 Å². The smallest absolute Gasteiger partial charge is 0.337 e. The first-order chi connectivity index (χ1) is 10.6. The Balaban J connectivity index is 1.69. The van der Waals surface area contributed by atoms with Crippen LogP contribution < -0.4 is 0 Å². The molecule has 1 aliphatic heterocycles. The molecule has 116 valence electrons. The maximum Gasteiger partial charge on any atom is 0.337 e. The van der Waals surface area contributed by atoms with E-state index in [9.17, 15) is 4.79 Å². The average molecular weight is 321 g/mol. The molecule has 0 saturated carbocycles. The number of hydrogen-bond donors (Lipinski definition) is 1. The number of rotatable bonds is 5. The number of likely N-dealkylation sites (tertiary alicyclic amines) is 1. The van der Waals surface area contributed by atoms with Gasteiger partial charge in [-0.05, 0) is 37.1 Å². The maximum absolute atomic E-state index is 11.0. The molecular formula is C15H17ClN4O2. The summed E-state index contributed by atoms with van der Waals surface area (Å²) >= 11 is 6.04. The van der Waals surface area contributed by atoms with Crippen molar-refractivity contribution < 1.29 is 9.90 Å². The van der Waals surface area contributed by atoms with Gasteiger partial charge in [0.1, 0.15) is 0 Å². The van der Waals surface area contributed by atoms with E-state index in [1.807, 2.05) is 16.9 Å². The summed E-state index contributed by atoms with van der Waals surface area (Å²) in [6, 6.07) is 5.57. The Kier molecular flexibility index (Phi) is 4.40. The first kappa shape index (κ1) is 15.0. The van der Waals surface area contributed by atoms with Gasteiger partial charge in [0.2, 0.25) is 0 Å². The summed E-state index contributed by atoms with van der Waals surface area (Å²) in [6.07, 6.45) is 5.83. The molecular weight excluding hydrogens is 304 g/mol. The van der Waals surface area contributed by atoms with Crippen molar-refractivity contribution >= 4 is 17.6 Å².